The number of benzene rings is 1. The second-order valence-electron chi connectivity index (χ2n) is 4.91. The van der Waals surface area contributed by atoms with Gasteiger partial charge in [-0.1, -0.05) is 45.0 Å². The Labute approximate surface area is 146 Å². The van der Waals surface area contributed by atoms with Crippen LogP contribution in [0.2, 0.25) is 0 Å². The van der Waals surface area contributed by atoms with Gasteiger partial charge in [-0.25, -0.2) is 4.99 Å². The molecule has 0 spiro atoms. The van der Waals surface area contributed by atoms with Crippen molar-refractivity contribution in [3.05, 3.63) is 35.4 Å². The Balaban J connectivity index is 0.00000400. The first-order chi connectivity index (χ1) is 9.69. The zero-order valence-corrected chi connectivity index (χ0v) is 15.8. The molecule has 1 aromatic carbocycles. The van der Waals surface area contributed by atoms with Gasteiger partial charge in [-0.15, -0.1) is 24.0 Å². The molecular formula is C16H29IN4. The molecule has 0 aromatic heterocycles. The Morgan fingerprint density at radius 3 is 2.19 bits per heavy atom. The van der Waals surface area contributed by atoms with Crippen LogP contribution < -0.4 is 11.1 Å². The van der Waals surface area contributed by atoms with Gasteiger partial charge in [0.2, 0.25) is 0 Å². The second kappa shape index (κ2) is 11.8. The highest BCUT2D eigenvalue weighted by Gasteiger charge is 2.01. The van der Waals surface area contributed by atoms with Crippen molar-refractivity contribution in [3.8, 4) is 0 Å². The van der Waals surface area contributed by atoms with Crippen molar-refractivity contribution in [3.63, 3.8) is 0 Å². The normalized spacial score (nSPS) is 11.3. The predicted octanol–water partition coefficient (Wildman–Crippen LogP) is 2.96. The van der Waals surface area contributed by atoms with E-state index in [0.717, 1.165) is 32.6 Å². The van der Waals surface area contributed by atoms with Gasteiger partial charge in [0.05, 0.1) is 6.54 Å². The van der Waals surface area contributed by atoms with E-state index in [2.05, 4.69) is 60.2 Å². The van der Waals surface area contributed by atoms with Crippen molar-refractivity contribution < 1.29 is 0 Å². The Kier molecular flexibility index (Phi) is 11.3. The molecule has 0 heterocycles. The van der Waals surface area contributed by atoms with Gasteiger partial charge in [0.1, 0.15) is 0 Å². The van der Waals surface area contributed by atoms with Gasteiger partial charge in [-0.05, 0) is 30.6 Å². The molecule has 0 aliphatic heterocycles. The SMILES string of the molecule is CCCNC(N)=NCc1ccc(CN(CC)CC)cc1.I. The molecule has 0 saturated heterocycles. The fourth-order valence-electron chi connectivity index (χ4n) is 1.94. The van der Waals surface area contributed by atoms with Crippen LogP contribution in [0, 0.1) is 0 Å². The highest BCUT2D eigenvalue weighted by atomic mass is 127. The molecule has 0 aliphatic carbocycles. The molecule has 0 atom stereocenters. The van der Waals surface area contributed by atoms with Crippen molar-refractivity contribution in [2.24, 2.45) is 10.7 Å². The van der Waals surface area contributed by atoms with Gasteiger partial charge >= 0.3 is 0 Å². The number of guanidine groups is 1. The van der Waals surface area contributed by atoms with Crippen LogP contribution in [-0.4, -0.2) is 30.5 Å². The minimum absolute atomic E-state index is 0. The van der Waals surface area contributed by atoms with Gasteiger partial charge < -0.3 is 11.1 Å². The van der Waals surface area contributed by atoms with E-state index in [1.807, 2.05) is 0 Å². The fraction of sp³-hybridized carbons (Fsp3) is 0.562. The first-order valence-electron chi connectivity index (χ1n) is 7.53. The number of aliphatic imine (C=N–C) groups is 1. The molecule has 0 unspecified atom stereocenters. The summed E-state index contributed by atoms with van der Waals surface area (Å²) in [6.07, 6.45) is 1.05. The summed E-state index contributed by atoms with van der Waals surface area (Å²) < 4.78 is 0. The lowest BCUT2D eigenvalue weighted by Crippen LogP contribution is -2.32. The minimum Gasteiger partial charge on any atom is -0.370 e. The largest absolute Gasteiger partial charge is 0.370 e. The third-order valence-electron chi connectivity index (χ3n) is 3.31. The van der Waals surface area contributed by atoms with Gasteiger partial charge in [-0.3, -0.25) is 4.90 Å². The average Bonchev–Trinajstić information content (AvgIpc) is 2.49. The molecule has 120 valence electrons. The highest BCUT2D eigenvalue weighted by Crippen LogP contribution is 2.08. The van der Waals surface area contributed by atoms with Crippen LogP contribution in [0.5, 0.6) is 0 Å². The summed E-state index contributed by atoms with van der Waals surface area (Å²) in [5, 5.41) is 3.08. The van der Waals surface area contributed by atoms with Gasteiger partial charge in [0.15, 0.2) is 5.96 Å². The summed E-state index contributed by atoms with van der Waals surface area (Å²) in [6, 6.07) is 8.63. The Morgan fingerprint density at radius 2 is 1.67 bits per heavy atom. The molecule has 21 heavy (non-hydrogen) atoms. The highest BCUT2D eigenvalue weighted by molar-refractivity contribution is 14.0. The number of halogens is 1. The van der Waals surface area contributed by atoms with E-state index in [1.165, 1.54) is 11.1 Å². The van der Waals surface area contributed by atoms with E-state index in [4.69, 9.17) is 5.73 Å². The second-order valence-corrected chi connectivity index (χ2v) is 4.91. The molecule has 0 amide bonds. The zero-order valence-electron chi connectivity index (χ0n) is 13.4. The minimum atomic E-state index is 0. The summed E-state index contributed by atoms with van der Waals surface area (Å²) >= 11 is 0. The molecular weight excluding hydrogens is 375 g/mol. The standard InChI is InChI=1S/C16H28N4.HI/c1-4-11-18-16(17)19-12-14-7-9-15(10-8-14)13-20(5-2)6-3;/h7-10H,4-6,11-13H2,1-3H3,(H3,17,18,19);1H. The molecule has 0 aliphatic rings. The Hall–Kier alpha value is -0.820. The van der Waals surface area contributed by atoms with Crippen LogP contribution in [0.3, 0.4) is 0 Å². The van der Waals surface area contributed by atoms with Crippen molar-refractivity contribution in [1.82, 2.24) is 10.2 Å². The third-order valence-corrected chi connectivity index (χ3v) is 3.31. The lowest BCUT2D eigenvalue weighted by molar-refractivity contribution is 0.296. The van der Waals surface area contributed by atoms with E-state index in [0.29, 0.717) is 12.5 Å². The predicted molar refractivity (Wildman–Crippen MR) is 102 cm³/mol. The van der Waals surface area contributed by atoms with E-state index < -0.39 is 0 Å². The lowest BCUT2D eigenvalue weighted by atomic mass is 10.1. The topological polar surface area (TPSA) is 53.6 Å². The molecule has 0 fully saturated rings. The van der Waals surface area contributed by atoms with Crippen LogP contribution in [0.4, 0.5) is 0 Å². The van der Waals surface area contributed by atoms with Gasteiger partial charge in [0, 0.05) is 13.1 Å². The molecule has 0 bridgehead atoms. The van der Waals surface area contributed by atoms with Crippen molar-refractivity contribution in [1.29, 1.82) is 0 Å². The smallest absolute Gasteiger partial charge is 0.188 e. The van der Waals surface area contributed by atoms with Gasteiger partial charge in [0.25, 0.3) is 0 Å². The summed E-state index contributed by atoms with van der Waals surface area (Å²) in [4.78, 5) is 6.73. The number of nitrogens with two attached hydrogens (primary N) is 1. The van der Waals surface area contributed by atoms with Gasteiger partial charge in [-0.2, -0.15) is 0 Å². The average molecular weight is 404 g/mol. The fourth-order valence-corrected chi connectivity index (χ4v) is 1.94. The molecule has 1 aromatic rings. The van der Waals surface area contributed by atoms with Crippen LogP contribution in [0.25, 0.3) is 0 Å². The molecule has 4 nitrogen and oxygen atoms in total. The van der Waals surface area contributed by atoms with Crippen LogP contribution >= 0.6 is 24.0 Å². The first kappa shape index (κ1) is 20.2. The summed E-state index contributed by atoms with van der Waals surface area (Å²) in [5.41, 5.74) is 8.31. The van der Waals surface area contributed by atoms with Crippen LogP contribution in [-0.2, 0) is 13.1 Å². The van der Waals surface area contributed by atoms with Crippen molar-refractivity contribution >= 4 is 29.9 Å². The summed E-state index contributed by atoms with van der Waals surface area (Å²) in [7, 11) is 0. The molecule has 0 radical (unpaired) electrons. The monoisotopic (exact) mass is 404 g/mol. The zero-order chi connectivity index (χ0) is 14.8. The maximum absolute atomic E-state index is 5.77. The number of hydrogen-bond donors (Lipinski definition) is 2. The lowest BCUT2D eigenvalue weighted by Gasteiger charge is -2.17. The van der Waals surface area contributed by atoms with Crippen molar-refractivity contribution in [2.75, 3.05) is 19.6 Å². The summed E-state index contributed by atoms with van der Waals surface area (Å²) in [5.74, 6) is 0.527. The summed E-state index contributed by atoms with van der Waals surface area (Å²) in [6.45, 7) is 11.2. The number of rotatable bonds is 8. The van der Waals surface area contributed by atoms with E-state index in [9.17, 15) is 0 Å². The maximum atomic E-state index is 5.77. The van der Waals surface area contributed by atoms with Crippen LogP contribution in [0.1, 0.15) is 38.3 Å². The van der Waals surface area contributed by atoms with E-state index >= 15 is 0 Å². The van der Waals surface area contributed by atoms with E-state index in [1.54, 1.807) is 0 Å². The number of hydrogen-bond acceptors (Lipinski definition) is 2. The third kappa shape index (κ3) is 8.26. The van der Waals surface area contributed by atoms with E-state index in [-0.39, 0.29) is 24.0 Å². The van der Waals surface area contributed by atoms with Crippen molar-refractivity contribution in [2.45, 2.75) is 40.3 Å². The maximum Gasteiger partial charge on any atom is 0.188 e. The molecule has 3 N–H and O–H groups in total. The number of nitrogens with one attached hydrogen (secondary N) is 1. The molecule has 0 saturated carbocycles. The molecule has 5 heteroatoms. The first-order valence-corrected chi connectivity index (χ1v) is 7.53. The Bertz CT molecular complexity index is 399. The van der Waals surface area contributed by atoms with Crippen LogP contribution in [0.15, 0.2) is 29.3 Å². The Morgan fingerprint density at radius 1 is 1.10 bits per heavy atom. The quantitative estimate of drug-likeness (QED) is 0.398. The number of nitrogens with zero attached hydrogens (tertiary/aromatic N) is 2. The molecule has 1 rings (SSSR count).